The maximum atomic E-state index is 12.6. The third kappa shape index (κ3) is 3.04. The van der Waals surface area contributed by atoms with E-state index < -0.39 is 11.9 Å². The third-order valence-electron chi connectivity index (χ3n) is 3.63. The molecule has 0 radical (unpaired) electrons. The van der Waals surface area contributed by atoms with Crippen molar-refractivity contribution in [2.45, 2.75) is 25.8 Å². The molecule has 2 aromatic heterocycles. The first kappa shape index (κ1) is 14.8. The summed E-state index contributed by atoms with van der Waals surface area (Å²) in [5, 5.41) is 9.78. The number of carboxylic acids is 1. The van der Waals surface area contributed by atoms with Crippen molar-refractivity contribution >= 4 is 23.2 Å². The molecule has 116 valence electrons. The van der Waals surface area contributed by atoms with Crippen LogP contribution in [0.1, 0.15) is 29.4 Å². The summed E-state index contributed by atoms with van der Waals surface area (Å²) in [6, 6.07) is 1.95. The van der Waals surface area contributed by atoms with Crippen molar-refractivity contribution in [3.8, 4) is 10.6 Å². The second-order valence-electron chi connectivity index (χ2n) is 5.47. The first-order chi connectivity index (χ1) is 10.6. The van der Waals surface area contributed by atoms with Crippen molar-refractivity contribution in [3.05, 3.63) is 29.7 Å². The largest absolute Gasteiger partial charge is 0.481 e. The van der Waals surface area contributed by atoms with E-state index in [1.165, 1.54) is 11.3 Å². The smallest absolute Gasteiger partial charge is 0.308 e. The third-order valence-corrected chi connectivity index (χ3v) is 4.66. The van der Waals surface area contributed by atoms with Crippen LogP contribution < -0.4 is 0 Å². The van der Waals surface area contributed by atoms with Crippen LogP contribution in [-0.2, 0) is 4.79 Å². The molecule has 2 heterocycles. The van der Waals surface area contributed by atoms with Crippen LogP contribution in [0.15, 0.2) is 29.2 Å². The Morgan fingerprint density at radius 2 is 2.32 bits per heavy atom. The number of rotatable bonds is 6. The molecule has 1 amide bonds. The number of hydrogen-bond acceptors (Lipinski definition) is 5. The van der Waals surface area contributed by atoms with Gasteiger partial charge in [0.1, 0.15) is 16.1 Å². The number of carbonyl (C=O) groups excluding carboxylic acids is 1. The Bertz CT molecular complexity index is 676. The van der Waals surface area contributed by atoms with E-state index in [1.807, 2.05) is 0 Å². The second kappa shape index (κ2) is 5.92. The minimum atomic E-state index is -0.887. The molecule has 1 aliphatic carbocycles. The molecule has 22 heavy (non-hydrogen) atoms. The fraction of sp³-hybridized carbons (Fsp3) is 0.400. The zero-order valence-corrected chi connectivity index (χ0v) is 12.9. The molecule has 0 aromatic carbocycles. The Labute approximate surface area is 131 Å². The number of hydrogen-bond donors (Lipinski definition) is 1. The number of furan rings is 1. The van der Waals surface area contributed by atoms with Gasteiger partial charge in [-0.2, -0.15) is 0 Å². The summed E-state index contributed by atoms with van der Waals surface area (Å²) in [5.41, 5.74) is 0.834. The molecule has 0 aliphatic heterocycles. The summed E-state index contributed by atoms with van der Waals surface area (Å²) < 4.78 is 5.02. The van der Waals surface area contributed by atoms with Crippen LogP contribution in [0, 0.1) is 5.92 Å². The van der Waals surface area contributed by atoms with Gasteiger partial charge in [0.05, 0.1) is 18.4 Å². The van der Waals surface area contributed by atoms with E-state index in [-0.39, 0.29) is 18.5 Å². The molecule has 1 atom stereocenters. The van der Waals surface area contributed by atoms with Crippen LogP contribution >= 0.6 is 11.3 Å². The lowest BCUT2D eigenvalue weighted by molar-refractivity contribution is -0.141. The predicted octanol–water partition coefficient (Wildman–Crippen LogP) is 2.73. The van der Waals surface area contributed by atoms with Gasteiger partial charge in [-0.15, -0.1) is 11.3 Å². The Balaban J connectivity index is 1.77. The van der Waals surface area contributed by atoms with Gasteiger partial charge in [0.25, 0.3) is 5.91 Å². The molecule has 0 saturated heterocycles. The van der Waals surface area contributed by atoms with Gasteiger partial charge in [-0.05, 0) is 18.9 Å². The maximum Gasteiger partial charge on any atom is 0.308 e. The number of carbonyl (C=O) groups is 2. The summed E-state index contributed by atoms with van der Waals surface area (Å²) in [6.07, 6.45) is 6.56. The van der Waals surface area contributed by atoms with Gasteiger partial charge in [0.2, 0.25) is 0 Å². The minimum Gasteiger partial charge on any atom is -0.481 e. The van der Waals surface area contributed by atoms with Gasteiger partial charge in [-0.25, -0.2) is 4.98 Å². The van der Waals surface area contributed by atoms with Crippen LogP contribution in [0.25, 0.3) is 10.6 Å². The van der Waals surface area contributed by atoms with E-state index in [2.05, 4.69) is 4.98 Å². The molecule has 0 unspecified atom stereocenters. The fourth-order valence-electron chi connectivity index (χ4n) is 2.19. The molecule has 3 rings (SSSR count). The number of aromatic nitrogens is 1. The molecular formula is C15H16N2O4S. The van der Waals surface area contributed by atoms with Crippen LogP contribution in [0.3, 0.4) is 0 Å². The van der Waals surface area contributed by atoms with Gasteiger partial charge < -0.3 is 14.4 Å². The van der Waals surface area contributed by atoms with Gasteiger partial charge in [0.15, 0.2) is 0 Å². The summed E-state index contributed by atoms with van der Waals surface area (Å²) in [5.74, 6) is -1.60. The number of nitrogens with zero attached hydrogens (tertiary/aromatic N) is 2. The summed E-state index contributed by atoms with van der Waals surface area (Å²) in [7, 11) is 0. The quantitative estimate of drug-likeness (QED) is 0.884. The average Bonchev–Trinajstić information content (AvgIpc) is 3.01. The molecule has 1 N–H and O–H groups in total. The van der Waals surface area contributed by atoms with E-state index in [9.17, 15) is 9.59 Å². The van der Waals surface area contributed by atoms with Gasteiger partial charge in [0, 0.05) is 18.2 Å². The standard InChI is InChI=1S/C15H16N2O4S/c1-9(15(19)20)7-17(11-2-3-11)14(18)12-6-16-13(22-12)10-4-5-21-8-10/h4-6,8-9,11H,2-3,7H2,1H3,(H,19,20)/t9-/m1/s1. The fourth-order valence-corrected chi connectivity index (χ4v) is 3.05. The van der Waals surface area contributed by atoms with Crippen LogP contribution in [0.2, 0.25) is 0 Å². The van der Waals surface area contributed by atoms with Crippen molar-refractivity contribution < 1.29 is 19.1 Å². The molecule has 1 aliphatic rings. The van der Waals surface area contributed by atoms with Crippen molar-refractivity contribution in [1.29, 1.82) is 0 Å². The number of carboxylic acid groups (broad SMARTS) is 1. The van der Waals surface area contributed by atoms with Crippen LogP contribution in [0.4, 0.5) is 0 Å². The van der Waals surface area contributed by atoms with Gasteiger partial charge in [-0.1, -0.05) is 6.92 Å². The Morgan fingerprint density at radius 3 is 2.91 bits per heavy atom. The van der Waals surface area contributed by atoms with Crippen molar-refractivity contribution in [2.24, 2.45) is 5.92 Å². The number of amides is 1. The van der Waals surface area contributed by atoms with Gasteiger partial charge >= 0.3 is 5.97 Å². The molecule has 6 nitrogen and oxygen atoms in total. The topological polar surface area (TPSA) is 83.6 Å². The highest BCUT2D eigenvalue weighted by atomic mass is 32.1. The molecule has 1 fully saturated rings. The first-order valence-corrected chi connectivity index (χ1v) is 7.90. The Morgan fingerprint density at radius 1 is 1.55 bits per heavy atom. The summed E-state index contributed by atoms with van der Waals surface area (Å²) in [6.45, 7) is 1.85. The van der Waals surface area contributed by atoms with Crippen molar-refractivity contribution in [1.82, 2.24) is 9.88 Å². The lowest BCUT2D eigenvalue weighted by atomic mass is 10.1. The van der Waals surface area contributed by atoms with E-state index in [1.54, 1.807) is 36.6 Å². The molecule has 0 spiro atoms. The minimum absolute atomic E-state index is 0.136. The highest BCUT2D eigenvalue weighted by Crippen LogP contribution is 2.32. The summed E-state index contributed by atoms with van der Waals surface area (Å²) in [4.78, 5) is 30.1. The monoisotopic (exact) mass is 320 g/mol. The molecule has 2 aromatic rings. The number of thiazole rings is 1. The molecular weight excluding hydrogens is 304 g/mol. The highest BCUT2D eigenvalue weighted by Gasteiger charge is 2.35. The second-order valence-corrected chi connectivity index (χ2v) is 6.50. The zero-order chi connectivity index (χ0) is 15.7. The molecule has 1 saturated carbocycles. The SMILES string of the molecule is C[C@H](CN(C(=O)c1cnc(-c2ccoc2)s1)C1CC1)C(=O)O. The highest BCUT2D eigenvalue weighted by molar-refractivity contribution is 7.16. The Kier molecular flexibility index (Phi) is 3.98. The van der Waals surface area contributed by atoms with Crippen LogP contribution in [0.5, 0.6) is 0 Å². The maximum absolute atomic E-state index is 12.6. The Hall–Kier alpha value is -2.15. The first-order valence-electron chi connectivity index (χ1n) is 7.08. The van der Waals surface area contributed by atoms with Crippen molar-refractivity contribution in [2.75, 3.05) is 6.54 Å². The zero-order valence-electron chi connectivity index (χ0n) is 12.1. The lowest BCUT2D eigenvalue weighted by Gasteiger charge is -2.23. The predicted molar refractivity (Wildman–Crippen MR) is 80.7 cm³/mol. The lowest BCUT2D eigenvalue weighted by Crippen LogP contribution is -2.38. The normalized spacial score (nSPS) is 15.5. The van der Waals surface area contributed by atoms with Gasteiger partial charge in [-0.3, -0.25) is 9.59 Å². The molecule has 7 heteroatoms. The van der Waals surface area contributed by atoms with Crippen LogP contribution in [-0.4, -0.2) is 39.5 Å². The molecule has 0 bridgehead atoms. The van der Waals surface area contributed by atoms with E-state index in [0.29, 0.717) is 4.88 Å². The van der Waals surface area contributed by atoms with E-state index >= 15 is 0 Å². The van der Waals surface area contributed by atoms with E-state index in [4.69, 9.17) is 9.52 Å². The average molecular weight is 320 g/mol. The van der Waals surface area contributed by atoms with Crippen molar-refractivity contribution in [3.63, 3.8) is 0 Å². The van der Waals surface area contributed by atoms with E-state index in [0.717, 1.165) is 23.4 Å². The summed E-state index contributed by atoms with van der Waals surface area (Å²) >= 11 is 1.30. The number of aliphatic carboxylic acids is 1.